The van der Waals surface area contributed by atoms with Crippen LogP contribution in [0.4, 0.5) is 5.82 Å². The summed E-state index contributed by atoms with van der Waals surface area (Å²) in [5, 5.41) is 2.73. The first-order valence-electron chi connectivity index (χ1n) is 5.08. The lowest BCUT2D eigenvalue weighted by atomic mass is 10.00. The second-order valence-electron chi connectivity index (χ2n) is 4.37. The molecule has 0 bridgehead atoms. The summed E-state index contributed by atoms with van der Waals surface area (Å²) in [6.45, 7) is 3.80. The molecule has 0 spiro atoms. The predicted octanol–water partition coefficient (Wildman–Crippen LogP) is 2.30. The van der Waals surface area contributed by atoms with Crippen molar-refractivity contribution in [2.24, 2.45) is 5.73 Å². The normalized spacial score (nSPS) is 11.2. The molecule has 16 heavy (non-hydrogen) atoms. The zero-order valence-electron chi connectivity index (χ0n) is 9.46. The second-order valence-corrected chi connectivity index (χ2v) is 5.22. The van der Waals surface area contributed by atoms with Gasteiger partial charge >= 0.3 is 0 Å². The largest absolute Gasteiger partial charge is 0.326 e. The summed E-state index contributed by atoms with van der Waals surface area (Å²) in [4.78, 5) is 15.6. The summed E-state index contributed by atoms with van der Waals surface area (Å²) < 4.78 is 0.773. The Labute approximate surface area is 104 Å². The summed E-state index contributed by atoms with van der Waals surface area (Å²) in [5.41, 5.74) is 5.48. The molecular formula is C11H16BrN3O. The van der Waals surface area contributed by atoms with Crippen LogP contribution < -0.4 is 11.1 Å². The number of carbonyl (C=O) groups is 1. The minimum Gasteiger partial charge on any atom is -0.326 e. The molecule has 0 aliphatic rings. The van der Waals surface area contributed by atoms with Gasteiger partial charge in [-0.2, -0.15) is 0 Å². The Kier molecular flexibility index (Phi) is 4.44. The Morgan fingerprint density at radius 3 is 2.88 bits per heavy atom. The Bertz CT molecular complexity index is 374. The summed E-state index contributed by atoms with van der Waals surface area (Å²) >= 11 is 3.31. The highest BCUT2D eigenvalue weighted by atomic mass is 79.9. The number of nitrogens with zero attached hydrogens (tertiary/aromatic N) is 1. The molecule has 1 heterocycles. The van der Waals surface area contributed by atoms with E-state index in [4.69, 9.17) is 5.73 Å². The third-order valence-electron chi connectivity index (χ3n) is 2.01. The Balaban J connectivity index is 2.50. The van der Waals surface area contributed by atoms with Crippen LogP contribution in [0.3, 0.4) is 0 Å². The number of anilines is 1. The fourth-order valence-electron chi connectivity index (χ4n) is 1.11. The molecule has 88 valence electrons. The number of nitrogens with two attached hydrogens (primary N) is 1. The van der Waals surface area contributed by atoms with Crippen LogP contribution in [0.15, 0.2) is 22.8 Å². The van der Waals surface area contributed by atoms with E-state index in [0.29, 0.717) is 18.7 Å². The fourth-order valence-corrected chi connectivity index (χ4v) is 1.46. The van der Waals surface area contributed by atoms with Crippen LogP contribution in [-0.2, 0) is 4.79 Å². The van der Waals surface area contributed by atoms with Crippen molar-refractivity contribution >= 4 is 27.7 Å². The standard InChI is InChI=1S/C11H16BrN3O/c1-11(2,13)6-5-9(16)15-10-8(12)4-3-7-14-10/h3-4,7H,5-6,13H2,1-2H3,(H,14,15,16). The van der Waals surface area contributed by atoms with Crippen LogP contribution >= 0.6 is 15.9 Å². The molecule has 0 saturated carbocycles. The van der Waals surface area contributed by atoms with E-state index in [9.17, 15) is 4.79 Å². The van der Waals surface area contributed by atoms with E-state index in [1.807, 2.05) is 19.9 Å². The topological polar surface area (TPSA) is 68.0 Å². The van der Waals surface area contributed by atoms with Gasteiger partial charge in [0, 0.05) is 18.2 Å². The maximum absolute atomic E-state index is 11.6. The number of hydrogen-bond acceptors (Lipinski definition) is 3. The van der Waals surface area contributed by atoms with Gasteiger partial charge in [-0.25, -0.2) is 4.98 Å². The number of carbonyl (C=O) groups excluding carboxylic acids is 1. The van der Waals surface area contributed by atoms with Gasteiger partial charge in [0.25, 0.3) is 0 Å². The lowest BCUT2D eigenvalue weighted by molar-refractivity contribution is -0.116. The van der Waals surface area contributed by atoms with Crippen molar-refractivity contribution in [3.63, 3.8) is 0 Å². The highest BCUT2D eigenvalue weighted by molar-refractivity contribution is 9.10. The summed E-state index contributed by atoms with van der Waals surface area (Å²) in [5.74, 6) is 0.472. The van der Waals surface area contributed by atoms with E-state index in [-0.39, 0.29) is 11.4 Å². The van der Waals surface area contributed by atoms with Gasteiger partial charge in [-0.1, -0.05) is 0 Å². The average Bonchev–Trinajstić information content (AvgIpc) is 2.18. The van der Waals surface area contributed by atoms with Gasteiger partial charge < -0.3 is 11.1 Å². The molecule has 5 heteroatoms. The van der Waals surface area contributed by atoms with Crippen LogP contribution in [0, 0.1) is 0 Å². The number of nitrogens with one attached hydrogen (secondary N) is 1. The van der Waals surface area contributed by atoms with Crippen molar-refractivity contribution in [2.75, 3.05) is 5.32 Å². The van der Waals surface area contributed by atoms with Crippen molar-refractivity contribution in [2.45, 2.75) is 32.2 Å². The lowest BCUT2D eigenvalue weighted by Gasteiger charge is -2.17. The van der Waals surface area contributed by atoms with Gasteiger partial charge in [0.2, 0.25) is 5.91 Å². The minimum atomic E-state index is -0.321. The van der Waals surface area contributed by atoms with E-state index in [0.717, 1.165) is 4.47 Å². The number of halogens is 1. The maximum atomic E-state index is 11.6. The summed E-state index contributed by atoms with van der Waals surface area (Å²) in [7, 11) is 0. The SMILES string of the molecule is CC(C)(N)CCC(=O)Nc1ncccc1Br. The second kappa shape index (κ2) is 5.41. The van der Waals surface area contributed by atoms with Gasteiger partial charge in [0.15, 0.2) is 0 Å². The first-order chi connectivity index (χ1) is 7.38. The molecule has 3 N–H and O–H groups in total. The molecule has 0 unspecified atom stereocenters. The number of rotatable bonds is 4. The molecule has 0 aliphatic heterocycles. The number of hydrogen-bond donors (Lipinski definition) is 2. The molecule has 0 aliphatic carbocycles. The van der Waals surface area contributed by atoms with Crippen LogP contribution in [0.2, 0.25) is 0 Å². The highest BCUT2D eigenvalue weighted by Crippen LogP contribution is 2.18. The van der Waals surface area contributed by atoms with Gasteiger partial charge in [-0.3, -0.25) is 4.79 Å². The van der Waals surface area contributed by atoms with E-state index < -0.39 is 0 Å². The Morgan fingerprint density at radius 2 is 2.31 bits per heavy atom. The quantitative estimate of drug-likeness (QED) is 0.892. The molecule has 1 rings (SSSR count). The van der Waals surface area contributed by atoms with Gasteiger partial charge in [-0.15, -0.1) is 0 Å². The molecule has 1 aromatic heterocycles. The Morgan fingerprint density at radius 1 is 1.62 bits per heavy atom. The molecule has 0 aromatic carbocycles. The van der Waals surface area contributed by atoms with E-state index in [1.54, 1.807) is 12.3 Å². The first-order valence-corrected chi connectivity index (χ1v) is 5.87. The number of aromatic nitrogens is 1. The van der Waals surface area contributed by atoms with Crippen molar-refractivity contribution in [3.05, 3.63) is 22.8 Å². The van der Waals surface area contributed by atoms with Gasteiger partial charge in [-0.05, 0) is 48.3 Å². The van der Waals surface area contributed by atoms with E-state index >= 15 is 0 Å². The smallest absolute Gasteiger partial charge is 0.225 e. The lowest BCUT2D eigenvalue weighted by Crippen LogP contribution is -2.33. The summed E-state index contributed by atoms with van der Waals surface area (Å²) in [6.07, 6.45) is 2.67. The molecule has 0 radical (unpaired) electrons. The summed E-state index contributed by atoms with van der Waals surface area (Å²) in [6, 6.07) is 3.62. The third-order valence-corrected chi connectivity index (χ3v) is 2.65. The predicted molar refractivity (Wildman–Crippen MR) is 68.1 cm³/mol. The van der Waals surface area contributed by atoms with E-state index in [1.165, 1.54) is 0 Å². The average molecular weight is 286 g/mol. The fraction of sp³-hybridized carbons (Fsp3) is 0.455. The van der Waals surface area contributed by atoms with Crippen molar-refractivity contribution in [1.29, 1.82) is 0 Å². The molecule has 0 atom stereocenters. The molecule has 1 aromatic rings. The molecular weight excluding hydrogens is 270 g/mol. The zero-order chi connectivity index (χ0) is 12.2. The molecule has 0 saturated heterocycles. The van der Waals surface area contributed by atoms with Gasteiger partial charge in [0.05, 0.1) is 4.47 Å². The first kappa shape index (κ1) is 13.1. The zero-order valence-corrected chi connectivity index (χ0v) is 11.0. The molecule has 1 amide bonds. The van der Waals surface area contributed by atoms with Crippen LogP contribution in [0.1, 0.15) is 26.7 Å². The molecule has 4 nitrogen and oxygen atoms in total. The Hall–Kier alpha value is -0.940. The van der Waals surface area contributed by atoms with Crippen molar-refractivity contribution < 1.29 is 4.79 Å². The molecule has 0 fully saturated rings. The minimum absolute atomic E-state index is 0.0714. The number of pyridine rings is 1. The highest BCUT2D eigenvalue weighted by Gasteiger charge is 2.14. The van der Waals surface area contributed by atoms with Crippen LogP contribution in [0.5, 0.6) is 0 Å². The van der Waals surface area contributed by atoms with Crippen molar-refractivity contribution in [3.8, 4) is 0 Å². The van der Waals surface area contributed by atoms with Crippen LogP contribution in [0.25, 0.3) is 0 Å². The van der Waals surface area contributed by atoms with Crippen LogP contribution in [-0.4, -0.2) is 16.4 Å². The maximum Gasteiger partial charge on any atom is 0.225 e. The van der Waals surface area contributed by atoms with E-state index in [2.05, 4.69) is 26.2 Å². The monoisotopic (exact) mass is 285 g/mol. The van der Waals surface area contributed by atoms with Gasteiger partial charge in [0.1, 0.15) is 5.82 Å². The number of amides is 1. The van der Waals surface area contributed by atoms with Crippen molar-refractivity contribution in [1.82, 2.24) is 4.98 Å². The third kappa shape index (κ3) is 4.72.